The number of nitrogens with zero attached hydrogens (tertiary/aromatic N) is 1. The Bertz CT molecular complexity index is 708. The van der Waals surface area contributed by atoms with Gasteiger partial charge in [0.2, 0.25) is 5.89 Å². The first-order valence-corrected chi connectivity index (χ1v) is 5.86. The summed E-state index contributed by atoms with van der Waals surface area (Å²) in [4.78, 5) is 4.48. The SMILES string of the molecule is Cc1cc(C)cc(-c2nc3cc(N)ccc3o2)c1. The van der Waals surface area contributed by atoms with Gasteiger partial charge in [-0.25, -0.2) is 4.98 Å². The number of nitrogen functional groups attached to an aromatic ring is 1. The summed E-state index contributed by atoms with van der Waals surface area (Å²) >= 11 is 0. The van der Waals surface area contributed by atoms with Crippen LogP contribution in [0.2, 0.25) is 0 Å². The molecule has 3 nitrogen and oxygen atoms in total. The van der Waals surface area contributed by atoms with Crippen LogP contribution in [-0.4, -0.2) is 4.98 Å². The number of rotatable bonds is 1. The highest BCUT2D eigenvalue weighted by Gasteiger charge is 2.09. The van der Waals surface area contributed by atoms with E-state index < -0.39 is 0 Å². The predicted molar refractivity (Wildman–Crippen MR) is 73.3 cm³/mol. The molecule has 0 radical (unpaired) electrons. The van der Waals surface area contributed by atoms with Gasteiger partial charge in [0.15, 0.2) is 5.58 Å². The third-order valence-corrected chi connectivity index (χ3v) is 2.88. The molecule has 0 saturated carbocycles. The molecule has 0 unspecified atom stereocenters. The van der Waals surface area contributed by atoms with Crippen molar-refractivity contribution in [2.75, 3.05) is 5.73 Å². The van der Waals surface area contributed by atoms with E-state index in [0.29, 0.717) is 11.6 Å². The number of fused-ring (bicyclic) bond motifs is 1. The van der Waals surface area contributed by atoms with Gasteiger partial charge in [-0.1, -0.05) is 17.2 Å². The molecule has 0 bridgehead atoms. The number of aryl methyl sites for hydroxylation is 2. The Morgan fingerprint density at radius 1 is 1.00 bits per heavy atom. The molecule has 0 atom stereocenters. The Hall–Kier alpha value is -2.29. The first-order valence-electron chi connectivity index (χ1n) is 5.86. The van der Waals surface area contributed by atoms with E-state index in [1.807, 2.05) is 18.2 Å². The first-order chi connectivity index (χ1) is 8.61. The summed E-state index contributed by atoms with van der Waals surface area (Å²) in [5.74, 6) is 0.641. The molecule has 2 aromatic carbocycles. The zero-order valence-electron chi connectivity index (χ0n) is 10.4. The van der Waals surface area contributed by atoms with Gasteiger partial charge >= 0.3 is 0 Å². The van der Waals surface area contributed by atoms with Gasteiger partial charge in [-0.3, -0.25) is 0 Å². The van der Waals surface area contributed by atoms with Gasteiger partial charge < -0.3 is 10.2 Å². The van der Waals surface area contributed by atoms with Gasteiger partial charge in [0.1, 0.15) is 5.52 Å². The molecular formula is C15H14N2O. The van der Waals surface area contributed by atoms with Crippen LogP contribution < -0.4 is 5.73 Å². The third-order valence-electron chi connectivity index (χ3n) is 2.88. The smallest absolute Gasteiger partial charge is 0.227 e. The van der Waals surface area contributed by atoms with Crippen LogP contribution in [-0.2, 0) is 0 Å². The Kier molecular flexibility index (Phi) is 2.33. The molecule has 2 N–H and O–H groups in total. The molecule has 0 fully saturated rings. The summed E-state index contributed by atoms with van der Waals surface area (Å²) in [7, 11) is 0. The van der Waals surface area contributed by atoms with Crippen molar-refractivity contribution >= 4 is 16.8 Å². The highest BCUT2D eigenvalue weighted by atomic mass is 16.3. The molecular weight excluding hydrogens is 224 g/mol. The molecule has 3 heteroatoms. The summed E-state index contributed by atoms with van der Waals surface area (Å²) in [6, 6.07) is 11.8. The molecule has 0 spiro atoms. The van der Waals surface area contributed by atoms with E-state index in [4.69, 9.17) is 10.2 Å². The summed E-state index contributed by atoms with van der Waals surface area (Å²) in [5, 5.41) is 0. The van der Waals surface area contributed by atoms with Crippen molar-refractivity contribution in [1.29, 1.82) is 0 Å². The number of nitrogens with two attached hydrogens (primary N) is 1. The molecule has 0 aliphatic rings. The number of anilines is 1. The molecule has 0 aliphatic carbocycles. The summed E-state index contributed by atoms with van der Waals surface area (Å²) in [6.45, 7) is 4.13. The standard InChI is InChI=1S/C15H14N2O/c1-9-5-10(2)7-11(6-9)15-17-13-8-12(16)3-4-14(13)18-15/h3-8H,16H2,1-2H3. The molecule has 0 aliphatic heterocycles. The number of oxazole rings is 1. The average Bonchev–Trinajstić information content (AvgIpc) is 2.70. The van der Waals surface area contributed by atoms with Gasteiger partial charge in [0.05, 0.1) is 0 Å². The van der Waals surface area contributed by atoms with Gasteiger partial charge in [-0.15, -0.1) is 0 Å². The van der Waals surface area contributed by atoms with Crippen molar-refractivity contribution in [3.8, 4) is 11.5 Å². The maximum Gasteiger partial charge on any atom is 0.227 e. The van der Waals surface area contributed by atoms with Crippen LogP contribution >= 0.6 is 0 Å². The highest BCUT2D eigenvalue weighted by molar-refractivity contribution is 5.79. The molecule has 1 heterocycles. The zero-order valence-corrected chi connectivity index (χ0v) is 10.4. The fourth-order valence-electron chi connectivity index (χ4n) is 2.17. The Morgan fingerprint density at radius 2 is 1.72 bits per heavy atom. The van der Waals surface area contributed by atoms with Crippen molar-refractivity contribution in [2.45, 2.75) is 13.8 Å². The molecule has 1 aromatic heterocycles. The van der Waals surface area contributed by atoms with Gasteiger partial charge in [-0.05, 0) is 44.2 Å². The fraction of sp³-hybridized carbons (Fsp3) is 0.133. The van der Waals surface area contributed by atoms with Crippen molar-refractivity contribution in [3.05, 3.63) is 47.5 Å². The number of hydrogen-bond donors (Lipinski definition) is 1. The monoisotopic (exact) mass is 238 g/mol. The lowest BCUT2D eigenvalue weighted by atomic mass is 10.1. The minimum absolute atomic E-state index is 0.641. The lowest BCUT2D eigenvalue weighted by Crippen LogP contribution is -1.83. The third kappa shape index (κ3) is 1.84. The Labute approximate surface area is 105 Å². The van der Waals surface area contributed by atoms with E-state index in [0.717, 1.165) is 16.7 Å². The summed E-state index contributed by atoms with van der Waals surface area (Å²) in [6.07, 6.45) is 0. The van der Waals surface area contributed by atoms with Crippen molar-refractivity contribution in [2.24, 2.45) is 0 Å². The molecule has 0 amide bonds. The molecule has 90 valence electrons. The second kappa shape index (κ2) is 3.88. The van der Waals surface area contributed by atoms with Crippen molar-refractivity contribution in [1.82, 2.24) is 4.98 Å². The quantitative estimate of drug-likeness (QED) is 0.658. The Balaban J connectivity index is 2.19. The topological polar surface area (TPSA) is 52.0 Å². The molecule has 3 rings (SSSR count). The van der Waals surface area contributed by atoms with Crippen LogP contribution in [0.15, 0.2) is 40.8 Å². The largest absolute Gasteiger partial charge is 0.436 e. The predicted octanol–water partition coefficient (Wildman–Crippen LogP) is 3.69. The van der Waals surface area contributed by atoms with Crippen LogP contribution in [0.5, 0.6) is 0 Å². The summed E-state index contributed by atoms with van der Waals surface area (Å²) < 4.78 is 5.75. The minimum Gasteiger partial charge on any atom is -0.436 e. The second-order valence-electron chi connectivity index (χ2n) is 4.62. The molecule has 3 aromatic rings. The second-order valence-corrected chi connectivity index (χ2v) is 4.62. The maximum atomic E-state index is 5.75. The average molecular weight is 238 g/mol. The van der Waals surface area contributed by atoms with E-state index in [2.05, 4.69) is 37.0 Å². The first kappa shape index (κ1) is 10.8. The molecule has 18 heavy (non-hydrogen) atoms. The lowest BCUT2D eigenvalue weighted by Gasteiger charge is -2.00. The van der Waals surface area contributed by atoms with Crippen LogP contribution in [0, 0.1) is 13.8 Å². The van der Waals surface area contributed by atoms with E-state index in [-0.39, 0.29) is 0 Å². The summed E-state index contributed by atoms with van der Waals surface area (Å²) in [5.41, 5.74) is 11.4. The van der Waals surface area contributed by atoms with Crippen LogP contribution in [0.3, 0.4) is 0 Å². The van der Waals surface area contributed by atoms with E-state index in [1.165, 1.54) is 11.1 Å². The Morgan fingerprint density at radius 3 is 2.44 bits per heavy atom. The van der Waals surface area contributed by atoms with E-state index in [1.54, 1.807) is 0 Å². The van der Waals surface area contributed by atoms with Crippen molar-refractivity contribution in [3.63, 3.8) is 0 Å². The van der Waals surface area contributed by atoms with Crippen LogP contribution in [0.4, 0.5) is 5.69 Å². The number of hydrogen-bond acceptors (Lipinski definition) is 3. The van der Waals surface area contributed by atoms with E-state index in [9.17, 15) is 0 Å². The number of aromatic nitrogens is 1. The number of benzene rings is 2. The van der Waals surface area contributed by atoms with Crippen molar-refractivity contribution < 1.29 is 4.42 Å². The van der Waals surface area contributed by atoms with Gasteiger partial charge in [-0.2, -0.15) is 0 Å². The lowest BCUT2D eigenvalue weighted by molar-refractivity contribution is 0.619. The molecule has 0 saturated heterocycles. The normalized spacial score (nSPS) is 11.0. The maximum absolute atomic E-state index is 5.75. The van der Waals surface area contributed by atoms with Gasteiger partial charge in [0.25, 0.3) is 0 Å². The van der Waals surface area contributed by atoms with Crippen LogP contribution in [0.1, 0.15) is 11.1 Å². The zero-order chi connectivity index (χ0) is 12.7. The highest BCUT2D eigenvalue weighted by Crippen LogP contribution is 2.26. The van der Waals surface area contributed by atoms with Gasteiger partial charge in [0, 0.05) is 11.3 Å². The van der Waals surface area contributed by atoms with E-state index >= 15 is 0 Å². The fourth-order valence-corrected chi connectivity index (χ4v) is 2.17. The minimum atomic E-state index is 0.641. The van der Waals surface area contributed by atoms with Crippen LogP contribution in [0.25, 0.3) is 22.6 Å².